The number of allylic oxidation sites excluding steroid dienone is 4. The second-order valence-corrected chi connectivity index (χ2v) is 6.32. The zero-order valence-corrected chi connectivity index (χ0v) is 13.2. The molecule has 0 saturated heterocycles. The first-order valence-corrected chi connectivity index (χ1v) is 8.33. The van der Waals surface area contributed by atoms with Crippen molar-refractivity contribution < 1.29 is 0 Å². The van der Waals surface area contributed by atoms with E-state index >= 15 is 0 Å². The molecule has 0 spiro atoms. The molecule has 0 fully saturated rings. The van der Waals surface area contributed by atoms with Crippen LogP contribution in [0.25, 0.3) is 0 Å². The zero-order chi connectivity index (χ0) is 15.9. The Hall–Kier alpha value is -2.76. The Morgan fingerprint density at radius 1 is 0.500 bits per heavy atom. The molecule has 0 saturated carbocycles. The van der Waals surface area contributed by atoms with Crippen LogP contribution in [0.2, 0.25) is 0 Å². The third kappa shape index (κ3) is 2.64. The average molecular weight is 316 g/mol. The van der Waals surface area contributed by atoms with E-state index in [1.54, 1.807) is 0 Å². The molecule has 118 valence electrons. The van der Waals surface area contributed by atoms with E-state index in [1.165, 1.54) is 0 Å². The van der Waals surface area contributed by atoms with Gasteiger partial charge in [0, 0.05) is 61.3 Å². The summed E-state index contributed by atoms with van der Waals surface area (Å²) in [6, 6.07) is 0. The maximum absolute atomic E-state index is 4.67. The molecule has 6 nitrogen and oxygen atoms in total. The van der Waals surface area contributed by atoms with E-state index < -0.39 is 0 Å². The molecule has 0 amide bonds. The van der Waals surface area contributed by atoms with E-state index in [4.69, 9.17) is 0 Å². The average Bonchev–Trinajstić information content (AvgIpc) is 3.32. The smallest absolute Gasteiger partial charge is 0.131 e. The van der Waals surface area contributed by atoms with Crippen molar-refractivity contribution in [3.05, 3.63) is 35.7 Å². The number of hydrogen-bond acceptors (Lipinski definition) is 6. The number of aliphatic imine (C=N–C) groups is 6. The normalized spacial score (nSPS) is 24.7. The second kappa shape index (κ2) is 5.40. The lowest BCUT2D eigenvalue weighted by Crippen LogP contribution is -2.01. The van der Waals surface area contributed by atoms with Crippen molar-refractivity contribution in [2.45, 2.75) is 38.5 Å². The summed E-state index contributed by atoms with van der Waals surface area (Å²) in [6.45, 7) is 0. The maximum Gasteiger partial charge on any atom is 0.131 e. The summed E-state index contributed by atoms with van der Waals surface area (Å²) in [6.07, 6.45) is 13.0. The van der Waals surface area contributed by atoms with Gasteiger partial charge in [-0.25, -0.2) is 30.0 Å². The highest BCUT2D eigenvalue weighted by Crippen LogP contribution is 2.25. The molecule has 0 N–H and O–H groups in total. The van der Waals surface area contributed by atoms with E-state index in [-0.39, 0.29) is 0 Å². The highest BCUT2D eigenvalue weighted by molar-refractivity contribution is 6.25. The third-order valence-electron chi connectivity index (χ3n) is 4.41. The number of fused-ring (bicyclic) bond motifs is 6. The molecule has 0 aromatic rings. The minimum absolute atomic E-state index is 0.743. The SMILES string of the molecule is C1=CC2=NC3=NC(=NC4=CC=C(C4)N=C4CCC(=N4)N=C1C2)CC3. The summed E-state index contributed by atoms with van der Waals surface area (Å²) in [5.74, 6) is 3.47. The third-order valence-corrected chi connectivity index (χ3v) is 4.41. The predicted molar refractivity (Wildman–Crippen MR) is 97.6 cm³/mol. The van der Waals surface area contributed by atoms with Crippen molar-refractivity contribution in [1.29, 1.82) is 0 Å². The van der Waals surface area contributed by atoms with E-state index in [0.29, 0.717) is 0 Å². The highest BCUT2D eigenvalue weighted by atomic mass is 15.0. The van der Waals surface area contributed by atoms with Crippen LogP contribution in [0.15, 0.2) is 65.7 Å². The van der Waals surface area contributed by atoms with Gasteiger partial charge in [0.2, 0.25) is 0 Å². The molecule has 5 aliphatic rings. The molecule has 2 aliphatic carbocycles. The first kappa shape index (κ1) is 13.7. The van der Waals surface area contributed by atoms with Crippen molar-refractivity contribution >= 4 is 34.8 Å². The predicted octanol–water partition coefficient (Wildman–Crippen LogP) is 3.20. The van der Waals surface area contributed by atoms with Gasteiger partial charge in [-0.15, -0.1) is 0 Å². The molecule has 6 heteroatoms. The summed E-state index contributed by atoms with van der Waals surface area (Å²) < 4.78 is 0. The van der Waals surface area contributed by atoms with Crippen LogP contribution in [-0.4, -0.2) is 34.8 Å². The Kier molecular flexibility index (Phi) is 3.07. The molecule has 0 radical (unpaired) electrons. The zero-order valence-electron chi connectivity index (χ0n) is 13.2. The quantitative estimate of drug-likeness (QED) is 0.658. The fourth-order valence-corrected chi connectivity index (χ4v) is 3.25. The van der Waals surface area contributed by atoms with Crippen LogP contribution in [0.5, 0.6) is 0 Å². The molecular formula is C18H16N6. The first-order valence-electron chi connectivity index (χ1n) is 8.33. The Bertz CT molecular complexity index is 830. The Labute approximate surface area is 139 Å². The van der Waals surface area contributed by atoms with Crippen molar-refractivity contribution in [3.63, 3.8) is 0 Å². The van der Waals surface area contributed by atoms with Gasteiger partial charge in [0.15, 0.2) is 0 Å². The lowest BCUT2D eigenvalue weighted by Gasteiger charge is -1.98. The largest absolute Gasteiger partial charge is 0.238 e. The van der Waals surface area contributed by atoms with Crippen LogP contribution < -0.4 is 0 Å². The summed E-state index contributed by atoms with van der Waals surface area (Å²) in [4.78, 5) is 27.8. The fourth-order valence-electron chi connectivity index (χ4n) is 3.25. The summed E-state index contributed by atoms with van der Waals surface area (Å²) in [7, 11) is 0. The van der Waals surface area contributed by atoms with E-state index in [1.807, 2.05) is 24.3 Å². The van der Waals surface area contributed by atoms with Crippen LogP contribution in [0.1, 0.15) is 38.5 Å². The first-order chi connectivity index (χ1) is 11.8. The molecule has 3 aliphatic heterocycles. The van der Waals surface area contributed by atoms with E-state index in [9.17, 15) is 0 Å². The second-order valence-electron chi connectivity index (χ2n) is 6.32. The van der Waals surface area contributed by atoms with Crippen LogP contribution >= 0.6 is 0 Å². The fraction of sp³-hybridized carbons (Fsp3) is 0.333. The minimum Gasteiger partial charge on any atom is -0.238 e. The Morgan fingerprint density at radius 2 is 0.958 bits per heavy atom. The molecule has 0 unspecified atom stereocenters. The monoisotopic (exact) mass is 316 g/mol. The molecule has 0 atom stereocenters. The molecule has 24 heavy (non-hydrogen) atoms. The topological polar surface area (TPSA) is 74.2 Å². The van der Waals surface area contributed by atoms with Crippen LogP contribution in [0, 0.1) is 0 Å². The van der Waals surface area contributed by atoms with E-state index in [0.717, 1.165) is 84.7 Å². The number of nitrogens with zero attached hydrogens (tertiary/aromatic N) is 6. The van der Waals surface area contributed by atoms with Gasteiger partial charge in [-0.05, 0) is 24.3 Å². The highest BCUT2D eigenvalue weighted by Gasteiger charge is 2.19. The van der Waals surface area contributed by atoms with E-state index in [2.05, 4.69) is 30.0 Å². The number of hydrogen-bond donors (Lipinski definition) is 0. The van der Waals surface area contributed by atoms with Crippen LogP contribution in [0.4, 0.5) is 0 Å². The van der Waals surface area contributed by atoms with Gasteiger partial charge in [-0.3, -0.25) is 0 Å². The van der Waals surface area contributed by atoms with Gasteiger partial charge in [0.1, 0.15) is 23.3 Å². The standard InChI is InChI=1S/C18H16N6/c1-2-12-9-11(1)19-15-5-6-17(23-15)21-13-3-4-14(10-13)22-18-8-7-16(20-12)24-18/h1-4H,5-10H2. The van der Waals surface area contributed by atoms with Gasteiger partial charge in [0.25, 0.3) is 0 Å². The van der Waals surface area contributed by atoms with Gasteiger partial charge in [-0.1, -0.05) is 0 Å². The molecular weight excluding hydrogens is 300 g/mol. The van der Waals surface area contributed by atoms with Crippen molar-refractivity contribution in [2.75, 3.05) is 0 Å². The van der Waals surface area contributed by atoms with Crippen LogP contribution in [0.3, 0.4) is 0 Å². The Morgan fingerprint density at radius 3 is 1.46 bits per heavy atom. The summed E-state index contributed by atoms with van der Waals surface area (Å²) in [5.41, 5.74) is 4.05. The van der Waals surface area contributed by atoms with Gasteiger partial charge in [-0.2, -0.15) is 0 Å². The molecule has 3 heterocycles. The Balaban J connectivity index is 1.55. The molecule has 0 aromatic carbocycles. The van der Waals surface area contributed by atoms with Crippen molar-refractivity contribution in [3.8, 4) is 0 Å². The summed E-state index contributed by atoms with van der Waals surface area (Å²) >= 11 is 0. The number of amidine groups is 4. The van der Waals surface area contributed by atoms with Gasteiger partial charge >= 0.3 is 0 Å². The van der Waals surface area contributed by atoms with Crippen molar-refractivity contribution in [1.82, 2.24) is 0 Å². The molecule has 5 rings (SSSR count). The van der Waals surface area contributed by atoms with Gasteiger partial charge < -0.3 is 0 Å². The molecule has 8 bridgehead atoms. The molecule has 0 aromatic heterocycles. The maximum atomic E-state index is 4.67. The minimum atomic E-state index is 0.743. The van der Waals surface area contributed by atoms with Crippen molar-refractivity contribution in [2.24, 2.45) is 30.0 Å². The lowest BCUT2D eigenvalue weighted by atomic mass is 10.2. The lowest BCUT2D eigenvalue weighted by molar-refractivity contribution is 1.06. The van der Waals surface area contributed by atoms with Gasteiger partial charge in [0.05, 0.1) is 0 Å². The summed E-state index contributed by atoms with van der Waals surface area (Å²) in [5, 5.41) is 0. The van der Waals surface area contributed by atoms with Crippen LogP contribution in [-0.2, 0) is 0 Å². The number of rotatable bonds is 0.